The third-order valence-corrected chi connectivity index (χ3v) is 6.03. The minimum Gasteiger partial charge on any atom is -0.331 e. The molecule has 3 rings (SSSR count). The number of carbonyl (C=O) groups is 1. The molecule has 0 saturated heterocycles. The Hall–Kier alpha value is -3.04. The number of hydrogen-bond acceptors (Lipinski definition) is 4. The summed E-state index contributed by atoms with van der Waals surface area (Å²) < 4.78 is 43.2. The molecule has 0 aliphatic heterocycles. The highest BCUT2D eigenvalue weighted by Gasteiger charge is 2.20. The Balaban J connectivity index is 1.75. The third kappa shape index (κ3) is 5.11. The first-order chi connectivity index (χ1) is 14.2. The number of carbonyl (C=O) groups excluding carboxylic acids is 1. The standard InChI is InChI=1S/C21H23FN4O3S/c1-14(2)25-30(28,29)18-8-9-20(22)19(12-18)21(27)24-17-6-4-16(5-7-17)13-26-11-10-23-15(26)3/h4-12,14,25H,13H2,1-3H3,(H,24,27). The second-order valence-electron chi connectivity index (χ2n) is 7.17. The summed E-state index contributed by atoms with van der Waals surface area (Å²) in [5.41, 5.74) is 1.13. The molecule has 0 aliphatic carbocycles. The minimum absolute atomic E-state index is 0.172. The predicted octanol–water partition coefficient (Wildman–Crippen LogP) is 3.32. The molecule has 0 saturated carbocycles. The number of halogens is 1. The van der Waals surface area contributed by atoms with Gasteiger partial charge in [-0.2, -0.15) is 0 Å². The number of sulfonamides is 1. The maximum absolute atomic E-state index is 14.2. The molecule has 1 amide bonds. The topological polar surface area (TPSA) is 93.1 Å². The molecule has 0 unspecified atom stereocenters. The number of aromatic nitrogens is 2. The molecule has 0 aliphatic rings. The van der Waals surface area contributed by atoms with Crippen LogP contribution >= 0.6 is 0 Å². The van der Waals surface area contributed by atoms with Gasteiger partial charge in [-0.25, -0.2) is 22.5 Å². The van der Waals surface area contributed by atoms with Gasteiger partial charge < -0.3 is 9.88 Å². The molecule has 1 heterocycles. The van der Waals surface area contributed by atoms with Crippen LogP contribution in [0.1, 0.15) is 35.6 Å². The molecule has 2 aromatic carbocycles. The lowest BCUT2D eigenvalue weighted by atomic mass is 10.1. The Morgan fingerprint density at radius 2 is 1.87 bits per heavy atom. The summed E-state index contributed by atoms with van der Waals surface area (Å²) in [4.78, 5) is 16.5. The Labute approximate surface area is 175 Å². The van der Waals surface area contributed by atoms with E-state index in [1.165, 1.54) is 0 Å². The van der Waals surface area contributed by atoms with E-state index in [1.807, 2.05) is 29.8 Å². The SMILES string of the molecule is Cc1nccn1Cc1ccc(NC(=O)c2cc(S(=O)(=O)NC(C)C)ccc2F)cc1. The summed E-state index contributed by atoms with van der Waals surface area (Å²) >= 11 is 0. The molecule has 2 N–H and O–H groups in total. The molecule has 0 fully saturated rings. The molecular formula is C21H23FN4O3S. The van der Waals surface area contributed by atoms with Crippen molar-refractivity contribution < 1.29 is 17.6 Å². The van der Waals surface area contributed by atoms with E-state index in [-0.39, 0.29) is 16.5 Å². The summed E-state index contributed by atoms with van der Waals surface area (Å²) in [6.45, 7) is 5.89. The second kappa shape index (κ2) is 8.76. The fourth-order valence-electron chi connectivity index (χ4n) is 2.88. The molecule has 0 radical (unpaired) electrons. The van der Waals surface area contributed by atoms with Gasteiger partial charge in [-0.3, -0.25) is 4.79 Å². The summed E-state index contributed by atoms with van der Waals surface area (Å²) in [5, 5.41) is 2.60. The largest absolute Gasteiger partial charge is 0.331 e. The smallest absolute Gasteiger partial charge is 0.258 e. The Kier molecular flexibility index (Phi) is 6.33. The van der Waals surface area contributed by atoms with Gasteiger partial charge in [0.2, 0.25) is 10.0 Å². The zero-order valence-electron chi connectivity index (χ0n) is 16.9. The van der Waals surface area contributed by atoms with Gasteiger partial charge in [0.05, 0.1) is 10.5 Å². The van der Waals surface area contributed by atoms with E-state index in [0.717, 1.165) is 29.6 Å². The Morgan fingerprint density at radius 1 is 1.17 bits per heavy atom. The number of aryl methyl sites for hydroxylation is 1. The zero-order valence-corrected chi connectivity index (χ0v) is 17.7. The van der Waals surface area contributed by atoms with Crippen LogP contribution < -0.4 is 10.0 Å². The van der Waals surface area contributed by atoms with Crippen molar-refractivity contribution in [1.82, 2.24) is 14.3 Å². The highest BCUT2D eigenvalue weighted by molar-refractivity contribution is 7.89. The summed E-state index contributed by atoms with van der Waals surface area (Å²) in [7, 11) is -3.84. The summed E-state index contributed by atoms with van der Waals surface area (Å²) in [6, 6.07) is 9.91. The number of amides is 1. The first-order valence-electron chi connectivity index (χ1n) is 9.35. The van der Waals surface area contributed by atoms with Gasteiger partial charge in [0.1, 0.15) is 11.6 Å². The van der Waals surface area contributed by atoms with Crippen LogP contribution in [0.2, 0.25) is 0 Å². The predicted molar refractivity (Wildman–Crippen MR) is 112 cm³/mol. The van der Waals surface area contributed by atoms with Gasteiger partial charge in [0.15, 0.2) is 0 Å². The van der Waals surface area contributed by atoms with E-state index in [1.54, 1.807) is 32.2 Å². The normalized spacial score (nSPS) is 11.6. The summed E-state index contributed by atoms with van der Waals surface area (Å²) in [6.07, 6.45) is 3.60. The Bertz CT molecular complexity index is 1160. The number of rotatable bonds is 7. The van der Waals surface area contributed by atoms with Crippen molar-refractivity contribution in [2.24, 2.45) is 0 Å². The van der Waals surface area contributed by atoms with E-state index in [4.69, 9.17) is 0 Å². The molecule has 30 heavy (non-hydrogen) atoms. The van der Waals surface area contributed by atoms with Crippen molar-refractivity contribution >= 4 is 21.6 Å². The first kappa shape index (κ1) is 21.7. The minimum atomic E-state index is -3.84. The van der Waals surface area contributed by atoms with E-state index >= 15 is 0 Å². The van der Waals surface area contributed by atoms with Gasteiger partial charge in [0.25, 0.3) is 5.91 Å². The lowest BCUT2D eigenvalue weighted by molar-refractivity contribution is 0.102. The van der Waals surface area contributed by atoms with Crippen molar-refractivity contribution in [2.75, 3.05) is 5.32 Å². The molecule has 0 atom stereocenters. The number of hydrogen-bond donors (Lipinski definition) is 2. The monoisotopic (exact) mass is 430 g/mol. The number of imidazole rings is 1. The molecule has 9 heteroatoms. The van der Waals surface area contributed by atoms with Crippen LogP contribution in [-0.2, 0) is 16.6 Å². The highest BCUT2D eigenvalue weighted by Crippen LogP contribution is 2.18. The van der Waals surface area contributed by atoms with Crippen molar-refractivity contribution in [3.05, 3.63) is 77.6 Å². The van der Waals surface area contributed by atoms with Crippen molar-refractivity contribution in [3.8, 4) is 0 Å². The average molecular weight is 431 g/mol. The van der Waals surface area contributed by atoms with Crippen molar-refractivity contribution in [3.63, 3.8) is 0 Å². The third-order valence-electron chi connectivity index (χ3n) is 4.37. The fraction of sp³-hybridized carbons (Fsp3) is 0.238. The molecular weight excluding hydrogens is 407 g/mol. The Morgan fingerprint density at radius 3 is 2.47 bits per heavy atom. The van der Waals surface area contributed by atoms with Gasteiger partial charge in [-0.05, 0) is 56.7 Å². The first-order valence-corrected chi connectivity index (χ1v) is 10.8. The fourth-order valence-corrected chi connectivity index (χ4v) is 4.16. The van der Waals surface area contributed by atoms with Crippen molar-refractivity contribution in [2.45, 2.75) is 38.3 Å². The molecule has 3 aromatic rings. The van der Waals surface area contributed by atoms with Gasteiger partial charge in [-0.1, -0.05) is 12.1 Å². The maximum atomic E-state index is 14.2. The van der Waals surface area contributed by atoms with Crippen LogP contribution in [0.4, 0.5) is 10.1 Å². The van der Waals surface area contributed by atoms with Gasteiger partial charge in [-0.15, -0.1) is 0 Å². The molecule has 158 valence electrons. The van der Waals surface area contributed by atoms with Crippen LogP contribution in [0.5, 0.6) is 0 Å². The number of nitrogens with zero attached hydrogens (tertiary/aromatic N) is 2. The van der Waals surface area contributed by atoms with Gasteiger partial charge >= 0.3 is 0 Å². The lowest BCUT2D eigenvalue weighted by Gasteiger charge is -2.12. The van der Waals surface area contributed by atoms with Crippen LogP contribution in [0.25, 0.3) is 0 Å². The van der Waals surface area contributed by atoms with Crippen LogP contribution in [0.15, 0.2) is 59.8 Å². The van der Waals surface area contributed by atoms with Gasteiger partial charge in [0, 0.05) is 30.7 Å². The number of anilines is 1. The van der Waals surface area contributed by atoms with E-state index < -0.39 is 21.7 Å². The molecule has 7 nitrogen and oxygen atoms in total. The zero-order chi connectivity index (χ0) is 21.9. The van der Waals surface area contributed by atoms with E-state index in [9.17, 15) is 17.6 Å². The van der Waals surface area contributed by atoms with Crippen LogP contribution in [-0.4, -0.2) is 29.9 Å². The van der Waals surface area contributed by atoms with Crippen LogP contribution in [0, 0.1) is 12.7 Å². The molecule has 0 spiro atoms. The van der Waals surface area contributed by atoms with E-state index in [0.29, 0.717) is 12.2 Å². The average Bonchev–Trinajstić information content (AvgIpc) is 3.07. The second-order valence-corrected chi connectivity index (χ2v) is 8.89. The highest BCUT2D eigenvalue weighted by atomic mass is 32.2. The number of benzene rings is 2. The quantitative estimate of drug-likeness (QED) is 0.601. The van der Waals surface area contributed by atoms with Crippen LogP contribution in [0.3, 0.4) is 0 Å². The number of nitrogens with one attached hydrogen (secondary N) is 2. The van der Waals surface area contributed by atoms with E-state index in [2.05, 4.69) is 15.0 Å². The van der Waals surface area contributed by atoms with Crippen molar-refractivity contribution in [1.29, 1.82) is 0 Å². The lowest BCUT2D eigenvalue weighted by Crippen LogP contribution is -2.30. The molecule has 1 aromatic heterocycles. The molecule has 0 bridgehead atoms. The summed E-state index contributed by atoms with van der Waals surface area (Å²) in [5.74, 6) is -0.639. The maximum Gasteiger partial charge on any atom is 0.258 e.